The Morgan fingerprint density at radius 3 is 2.53 bits per heavy atom. The molecule has 2 unspecified atom stereocenters. The smallest absolute Gasteiger partial charge is 0.260 e. The van der Waals surface area contributed by atoms with E-state index in [9.17, 15) is 4.79 Å². The molecular formula is C16H23NO2. The van der Waals surface area contributed by atoms with Crippen LogP contribution < -0.4 is 4.74 Å². The lowest BCUT2D eigenvalue weighted by Gasteiger charge is -2.39. The summed E-state index contributed by atoms with van der Waals surface area (Å²) in [6.45, 7) is 6.38. The molecule has 0 N–H and O–H groups in total. The maximum Gasteiger partial charge on any atom is 0.260 e. The third-order valence-electron chi connectivity index (χ3n) is 3.93. The van der Waals surface area contributed by atoms with E-state index in [1.165, 1.54) is 6.42 Å². The van der Waals surface area contributed by atoms with Crippen molar-refractivity contribution in [2.24, 2.45) is 0 Å². The third kappa shape index (κ3) is 3.28. The molecule has 0 radical (unpaired) electrons. The van der Waals surface area contributed by atoms with E-state index < -0.39 is 0 Å². The lowest BCUT2D eigenvalue weighted by Crippen LogP contribution is -2.49. The maximum atomic E-state index is 12.3. The van der Waals surface area contributed by atoms with E-state index in [0.29, 0.717) is 12.1 Å². The van der Waals surface area contributed by atoms with Crippen LogP contribution in [0.5, 0.6) is 5.75 Å². The van der Waals surface area contributed by atoms with Crippen molar-refractivity contribution in [1.29, 1.82) is 0 Å². The molecule has 1 aliphatic rings. The van der Waals surface area contributed by atoms with Gasteiger partial charge in [0.25, 0.3) is 5.91 Å². The second-order valence-electron chi connectivity index (χ2n) is 5.48. The molecule has 3 nitrogen and oxygen atoms in total. The molecule has 104 valence electrons. The predicted molar refractivity (Wildman–Crippen MR) is 76.3 cm³/mol. The van der Waals surface area contributed by atoms with E-state index in [2.05, 4.69) is 13.8 Å². The summed E-state index contributed by atoms with van der Waals surface area (Å²) < 4.78 is 5.66. The zero-order valence-electron chi connectivity index (χ0n) is 12.1. The number of likely N-dealkylation sites (tertiary alicyclic amines) is 1. The van der Waals surface area contributed by atoms with Gasteiger partial charge in [0, 0.05) is 12.1 Å². The van der Waals surface area contributed by atoms with Crippen LogP contribution >= 0.6 is 0 Å². The van der Waals surface area contributed by atoms with Crippen molar-refractivity contribution in [1.82, 2.24) is 4.90 Å². The summed E-state index contributed by atoms with van der Waals surface area (Å²) in [5, 5.41) is 0. The lowest BCUT2D eigenvalue weighted by atomic mass is 9.97. The van der Waals surface area contributed by atoms with Crippen molar-refractivity contribution in [3.63, 3.8) is 0 Å². The molecule has 2 rings (SSSR count). The fourth-order valence-corrected chi connectivity index (χ4v) is 2.85. The Kier molecular flexibility index (Phi) is 4.46. The molecule has 1 saturated heterocycles. The number of hydrogen-bond donors (Lipinski definition) is 0. The van der Waals surface area contributed by atoms with Crippen molar-refractivity contribution in [3.05, 3.63) is 29.8 Å². The van der Waals surface area contributed by atoms with Gasteiger partial charge in [-0.2, -0.15) is 0 Å². The summed E-state index contributed by atoms with van der Waals surface area (Å²) >= 11 is 0. The monoisotopic (exact) mass is 261 g/mol. The van der Waals surface area contributed by atoms with E-state index in [-0.39, 0.29) is 12.5 Å². The van der Waals surface area contributed by atoms with Crippen LogP contribution in [-0.2, 0) is 4.79 Å². The summed E-state index contributed by atoms with van der Waals surface area (Å²) in [7, 11) is 0. The van der Waals surface area contributed by atoms with Crippen LogP contribution in [0.25, 0.3) is 0 Å². The van der Waals surface area contributed by atoms with Gasteiger partial charge in [-0.1, -0.05) is 18.2 Å². The maximum absolute atomic E-state index is 12.3. The lowest BCUT2D eigenvalue weighted by molar-refractivity contribution is -0.139. The first-order valence-electron chi connectivity index (χ1n) is 7.09. The number of piperidine rings is 1. The molecule has 3 heteroatoms. The van der Waals surface area contributed by atoms with E-state index in [0.717, 1.165) is 24.2 Å². The normalized spacial score (nSPS) is 23.2. The number of carbonyl (C=O) groups excluding carboxylic acids is 1. The number of nitrogens with zero attached hydrogens (tertiary/aromatic N) is 1. The third-order valence-corrected chi connectivity index (χ3v) is 3.93. The second kappa shape index (κ2) is 6.09. The Balaban J connectivity index is 1.95. The molecule has 1 aromatic rings. The molecule has 1 heterocycles. The molecule has 0 aromatic heterocycles. The van der Waals surface area contributed by atoms with Crippen molar-refractivity contribution < 1.29 is 9.53 Å². The molecule has 0 aliphatic carbocycles. The molecular weight excluding hydrogens is 238 g/mol. The number of amides is 1. The van der Waals surface area contributed by atoms with Gasteiger partial charge in [-0.3, -0.25) is 4.79 Å². The van der Waals surface area contributed by atoms with Crippen LogP contribution in [0.2, 0.25) is 0 Å². The van der Waals surface area contributed by atoms with Gasteiger partial charge in [-0.15, -0.1) is 0 Å². The predicted octanol–water partition coefficient (Wildman–Crippen LogP) is 3.16. The van der Waals surface area contributed by atoms with Gasteiger partial charge in [0.2, 0.25) is 0 Å². The zero-order valence-corrected chi connectivity index (χ0v) is 12.1. The summed E-state index contributed by atoms with van der Waals surface area (Å²) in [5.74, 6) is 0.899. The van der Waals surface area contributed by atoms with E-state index >= 15 is 0 Å². The van der Waals surface area contributed by atoms with Crippen LogP contribution in [0.1, 0.15) is 38.7 Å². The quantitative estimate of drug-likeness (QED) is 0.836. The Labute approximate surface area is 115 Å². The van der Waals surface area contributed by atoms with Crippen molar-refractivity contribution in [2.45, 2.75) is 52.1 Å². The van der Waals surface area contributed by atoms with Gasteiger partial charge in [0.05, 0.1) is 0 Å². The molecule has 1 fully saturated rings. The molecule has 1 amide bonds. The minimum atomic E-state index is 0.1000. The SMILES string of the molecule is Cc1ccccc1OCC(=O)N1C(C)CCCC1C. The van der Waals surface area contributed by atoms with E-state index in [1.54, 1.807) is 0 Å². The number of para-hydroxylation sites is 1. The van der Waals surface area contributed by atoms with Crippen LogP contribution in [0.3, 0.4) is 0 Å². The van der Waals surface area contributed by atoms with Crippen LogP contribution in [-0.4, -0.2) is 29.5 Å². The number of ether oxygens (including phenoxy) is 1. The minimum Gasteiger partial charge on any atom is -0.484 e. The highest BCUT2D eigenvalue weighted by molar-refractivity contribution is 5.78. The summed E-state index contributed by atoms with van der Waals surface area (Å²) in [6, 6.07) is 8.46. The van der Waals surface area contributed by atoms with Gasteiger partial charge in [0.15, 0.2) is 6.61 Å². The van der Waals surface area contributed by atoms with Crippen molar-refractivity contribution >= 4 is 5.91 Å². The molecule has 0 bridgehead atoms. The summed E-state index contributed by atoms with van der Waals surface area (Å²) in [6.07, 6.45) is 3.41. The van der Waals surface area contributed by atoms with Crippen LogP contribution in [0, 0.1) is 6.92 Å². The first-order valence-corrected chi connectivity index (χ1v) is 7.09. The molecule has 1 aliphatic heterocycles. The Bertz CT molecular complexity index is 434. The Morgan fingerprint density at radius 1 is 1.26 bits per heavy atom. The van der Waals surface area contributed by atoms with Crippen molar-refractivity contribution in [3.8, 4) is 5.75 Å². The highest BCUT2D eigenvalue weighted by Gasteiger charge is 2.28. The van der Waals surface area contributed by atoms with E-state index in [4.69, 9.17) is 4.74 Å². The summed E-state index contributed by atoms with van der Waals surface area (Å²) in [4.78, 5) is 14.3. The van der Waals surface area contributed by atoms with Crippen LogP contribution in [0.4, 0.5) is 0 Å². The van der Waals surface area contributed by atoms with Gasteiger partial charge in [0.1, 0.15) is 5.75 Å². The molecule has 19 heavy (non-hydrogen) atoms. The van der Waals surface area contributed by atoms with Gasteiger partial charge in [-0.05, 0) is 51.7 Å². The van der Waals surface area contributed by atoms with Crippen LogP contribution in [0.15, 0.2) is 24.3 Å². The van der Waals surface area contributed by atoms with Gasteiger partial charge < -0.3 is 9.64 Å². The largest absolute Gasteiger partial charge is 0.484 e. The topological polar surface area (TPSA) is 29.5 Å². The first kappa shape index (κ1) is 13.9. The number of benzene rings is 1. The molecule has 2 atom stereocenters. The molecule has 0 saturated carbocycles. The van der Waals surface area contributed by atoms with Gasteiger partial charge >= 0.3 is 0 Å². The minimum absolute atomic E-state index is 0.1000. The average molecular weight is 261 g/mol. The second-order valence-corrected chi connectivity index (χ2v) is 5.48. The number of hydrogen-bond acceptors (Lipinski definition) is 2. The molecule has 0 spiro atoms. The Hall–Kier alpha value is -1.51. The number of aryl methyl sites for hydroxylation is 1. The molecule has 1 aromatic carbocycles. The summed E-state index contributed by atoms with van der Waals surface area (Å²) in [5.41, 5.74) is 1.06. The standard InChI is InChI=1S/C16H23NO2/c1-12-7-4-5-10-15(12)19-11-16(18)17-13(2)8-6-9-14(17)3/h4-5,7,10,13-14H,6,8-9,11H2,1-3H3. The van der Waals surface area contributed by atoms with E-state index in [1.807, 2.05) is 36.1 Å². The fourth-order valence-electron chi connectivity index (χ4n) is 2.85. The number of carbonyl (C=O) groups is 1. The first-order chi connectivity index (χ1) is 9.09. The Morgan fingerprint density at radius 2 is 1.89 bits per heavy atom. The highest BCUT2D eigenvalue weighted by Crippen LogP contribution is 2.23. The number of rotatable bonds is 3. The zero-order chi connectivity index (χ0) is 13.8. The van der Waals surface area contributed by atoms with Gasteiger partial charge in [-0.25, -0.2) is 0 Å². The van der Waals surface area contributed by atoms with Crippen molar-refractivity contribution in [2.75, 3.05) is 6.61 Å². The average Bonchev–Trinajstić information content (AvgIpc) is 2.37. The fraction of sp³-hybridized carbons (Fsp3) is 0.562. The highest BCUT2D eigenvalue weighted by atomic mass is 16.5.